The first-order chi connectivity index (χ1) is 6.72. The van der Waals surface area contributed by atoms with E-state index in [0.717, 1.165) is 18.0 Å². The Balaban J connectivity index is 2.87. The fourth-order valence-corrected chi connectivity index (χ4v) is 1.73. The van der Waals surface area contributed by atoms with E-state index in [1.807, 2.05) is 13.0 Å². The molecule has 1 unspecified atom stereocenters. The third kappa shape index (κ3) is 2.13. The number of hydrogen-bond donors (Lipinski definition) is 3. The smallest absolute Gasteiger partial charge is 0.278 e. The minimum absolute atomic E-state index is 0.0204. The van der Waals surface area contributed by atoms with Crippen molar-refractivity contribution in [3.8, 4) is 6.07 Å². The van der Waals surface area contributed by atoms with Crippen molar-refractivity contribution in [3.63, 3.8) is 0 Å². The average molecular weight is 213 g/mol. The lowest BCUT2D eigenvalue weighted by Gasteiger charge is -2.12. The number of rotatable bonds is 4. The molecule has 0 bridgehead atoms. The normalized spacial score (nSPS) is 12.1. The van der Waals surface area contributed by atoms with Gasteiger partial charge in [-0.25, -0.2) is 0 Å². The van der Waals surface area contributed by atoms with E-state index in [2.05, 4.69) is 9.69 Å². The highest BCUT2D eigenvalue weighted by molar-refractivity contribution is 7.10. The maximum atomic E-state index is 11.1. The van der Waals surface area contributed by atoms with Gasteiger partial charge in [-0.15, -0.1) is 0 Å². The topological polar surface area (TPSA) is 88.9 Å². The van der Waals surface area contributed by atoms with Crippen molar-refractivity contribution in [1.82, 2.24) is 4.37 Å². The van der Waals surface area contributed by atoms with Crippen LogP contribution in [-0.2, 0) is 0 Å². The van der Waals surface area contributed by atoms with Gasteiger partial charge in [0, 0.05) is 6.04 Å². The summed E-state index contributed by atoms with van der Waals surface area (Å²) in [7, 11) is 0. The number of aliphatic hydroxyl groups is 1. The van der Waals surface area contributed by atoms with Gasteiger partial charge >= 0.3 is 0 Å². The number of aromatic amines is 1. The lowest BCUT2D eigenvalue weighted by molar-refractivity contribution is 0.272. The second-order valence-corrected chi connectivity index (χ2v) is 3.60. The summed E-state index contributed by atoms with van der Waals surface area (Å²) < 4.78 is 2.46. The van der Waals surface area contributed by atoms with Crippen LogP contribution in [0.2, 0.25) is 0 Å². The van der Waals surface area contributed by atoms with Crippen molar-refractivity contribution < 1.29 is 5.11 Å². The minimum atomic E-state index is -0.382. The largest absolute Gasteiger partial charge is 0.394 e. The molecule has 1 rings (SSSR count). The summed E-state index contributed by atoms with van der Waals surface area (Å²) in [6.07, 6.45) is 0.730. The fraction of sp³-hybridized carbons (Fsp3) is 0.500. The van der Waals surface area contributed by atoms with Gasteiger partial charge in [-0.2, -0.15) is 5.26 Å². The molecule has 0 aliphatic rings. The van der Waals surface area contributed by atoms with Crippen molar-refractivity contribution in [2.24, 2.45) is 0 Å². The summed E-state index contributed by atoms with van der Waals surface area (Å²) in [6, 6.07) is 1.70. The molecule has 1 atom stereocenters. The minimum Gasteiger partial charge on any atom is -0.394 e. The molecule has 0 saturated heterocycles. The molecule has 0 spiro atoms. The monoisotopic (exact) mass is 213 g/mol. The predicted molar refractivity (Wildman–Crippen MR) is 54.4 cm³/mol. The van der Waals surface area contributed by atoms with E-state index in [9.17, 15) is 4.79 Å². The molecule has 3 N–H and O–H groups in total. The van der Waals surface area contributed by atoms with Crippen molar-refractivity contribution in [3.05, 3.63) is 15.9 Å². The van der Waals surface area contributed by atoms with Crippen LogP contribution in [-0.4, -0.2) is 22.1 Å². The van der Waals surface area contributed by atoms with Crippen molar-refractivity contribution in [1.29, 1.82) is 5.26 Å². The number of nitriles is 1. The third-order valence-corrected chi connectivity index (χ3v) is 2.67. The highest BCUT2D eigenvalue weighted by Gasteiger charge is 2.12. The van der Waals surface area contributed by atoms with Crippen molar-refractivity contribution in [2.75, 3.05) is 11.9 Å². The highest BCUT2D eigenvalue weighted by Crippen LogP contribution is 2.17. The Hall–Kier alpha value is -1.32. The second kappa shape index (κ2) is 4.79. The standard InChI is InChI=1S/C8H11N3O2S/c1-2-5(4-12)10-8-6(3-9)7(13)11-14-8/h5,10,12H,2,4H2,1H3,(H,11,13). The lowest BCUT2D eigenvalue weighted by atomic mass is 10.2. The molecule has 76 valence electrons. The summed E-state index contributed by atoms with van der Waals surface area (Å²) in [5.41, 5.74) is -0.297. The molecule has 0 radical (unpaired) electrons. The Morgan fingerprint density at radius 1 is 1.79 bits per heavy atom. The summed E-state index contributed by atoms with van der Waals surface area (Å²) in [5.74, 6) is 0. The summed E-state index contributed by atoms with van der Waals surface area (Å²) >= 11 is 1.08. The number of anilines is 1. The first kappa shape index (κ1) is 10.8. The maximum absolute atomic E-state index is 11.1. The van der Waals surface area contributed by atoms with Gasteiger partial charge in [0.1, 0.15) is 11.1 Å². The third-order valence-electron chi connectivity index (χ3n) is 1.86. The molecule has 0 amide bonds. The number of nitrogens with one attached hydrogen (secondary N) is 2. The molecule has 0 aliphatic heterocycles. The van der Waals surface area contributed by atoms with Crippen LogP contribution in [0.25, 0.3) is 0 Å². The zero-order valence-electron chi connectivity index (χ0n) is 7.70. The molecular formula is C8H11N3O2S. The molecule has 14 heavy (non-hydrogen) atoms. The van der Waals surface area contributed by atoms with Crippen LogP contribution in [0.3, 0.4) is 0 Å². The van der Waals surface area contributed by atoms with Crippen LogP contribution in [0.15, 0.2) is 4.79 Å². The summed E-state index contributed by atoms with van der Waals surface area (Å²) in [5, 5.41) is 21.0. The number of nitrogens with zero attached hydrogens (tertiary/aromatic N) is 1. The first-order valence-electron chi connectivity index (χ1n) is 4.21. The van der Waals surface area contributed by atoms with Gasteiger partial charge < -0.3 is 10.4 Å². The summed E-state index contributed by atoms with van der Waals surface area (Å²) in [6.45, 7) is 1.89. The van der Waals surface area contributed by atoms with Gasteiger partial charge in [0.05, 0.1) is 6.61 Å². The fourth-order valence-electron chi connectivity index (χ4n) is 0.968. The van der Waals surface area contributed by atoms with Gasteiger partial charge in [0.15, 0.2) is 5.56 Å². The number of H-pyrrole nitrogens is 1. The van der Waals surface area contributed by atoms with Crippen LogP contribution < -0.4 is 10.9 Å². The van der Waals surface area contributed by atoms with Crippen LogP contribution >= 0.6 is 11.5 Å². The molecule has 0 fully saturated rings. The number of hydrogen-bond acceptors (Lipinski definition) is 5. The molecule has 0 saturated carbocycles. The van der Waals surface area contributed by atoms with E-state index in [4.69, 9.17) is 10.4 Å². The number of aromatic nitrogens is 1. The molecule has 6 heteroatoms. The molecule has 1 aromatic heterocycles. The van der Waals surface area contributed by atoms with E-state index in [0.29, 0.717) is 5.00 Å². The maximum Gasteiger partial charge on any atom is 0.278 e. The van der Waals surface area contributed by atoms with Crippen LogP contribution in [0, 0.1) is 11.3 Å². The molecule has 0 aromatic carbocycles. The molecular weight excluding hydrogens is 202 g/mol. The van der Waals surface area contributed by atoms with E-state index >= 15 is 0 Å². The van der Waals surface area contributed by atoms with Crippen LogP contribution in [0.5, 0.6) is 0 Å². The van der Waals surface area contributed by atoms with Crippen LogP contribution in [0.4, 0.5) is 5.00 Å². The molecule has 1 aromatic rings. The van der Waals surface area contributed by atoms with Crippen LogP contribution in [0.1, 0.15) is 18.9 Å². The Kier molecular flexibility index (Phi) is 3.68. The molecule has 5 nitrogen and oxygen atoms in total. The second-order valence-electron chi connectivity index (χ2n) is 2.78. The van der Waals surface area contributed by atoms with Gasteiger partial charge in [-0.3, -0.25) is 9.17 Å². The lowest BCUT2D eigenvalue weighted by Crippen LogP contribution is -2.22. The highest BCUT2D eigenvalue weighted by atomic mass is 32.1. The molecule has 1 heterocycles. The van der Waals surface area contributed by atoms with Crippen molar-refractivity contribution >= 4 is 16.5 Å². The van der Waals surface area contributed by atoms with E-state index in [-0.39, 0.29) is 23.8 Å². The Morgan fingerprint density at radius 3 is 3.00 bits per heavy atom. The van der Waals surface area contributed by atoms with E-state index < -0.39 is 0 Å². The predicted octanol–water partition coefficient (Wildman–Crippen LogP) is 0.491. The first-order valence-corrected chi connectivity index (χ1v) is 5.03. The van der Waals surface area contributed by atoms with Gasteiger partial charge in [0.25, 0.3) is 5.56 Å². The van der Waals surface area contributed by atoms with E-state index in [1.54, 1.807) is 0 Å². The van der Waals surface area contributed by atoms with Gasteiger partial charge in [0.2, 0.25) is 0 Å². The Morgan fingerprint density at radius 2 is 2.50 bits per heavy atom. The van der Waals surface area contributed by atoms with Gasteiger partial charge in [-0.1, -0.05) is 6.92 Å². The summed E-state index contributed by atoms with van der Waals surface area (Å²) in [4.78, 5) is 11.1. The Bertz CT molecular complexity index is 386. The Labute approximate surface area is 85.2 Å². The van der Waals surface area contributed by atoms with Gasteiger partial charge in [-0.05, 0) is 18.0 Å². The van der Waals surface area contributed by atoms with E-state index in [1.165, 1.54) is 0 Å². The SMILES string of the molecule is CCC(CO)Nc1s[nH]c(=O)c1C#N. The quantitative estimate of drug-likeness (QED) is 0.679. The average Bonchev–Trinajstić information content (AvgIpc) is 2.55. The molecule has 0 aliphatic carbocycles. The van der Waals surface area contributed by atoms with Crippen molar-refractivity contribution in [2.45, 2.75) is 19.4 Å². The number of aliphatic hydroxyl groups excluding tert-OH is 1. The zero-order chi connectivity index (χ0) is 10.6. The zero-order valence-corrected chi connectivity index (χ0v) is 8.52.